The zero-order chi connectivity index (χ0) is 15.6. The predicted octanol–water partition coefficient (Wildman–Crippen LogP) is 6.73. The molecule has 2 rings (SSSR count). The number of aryl methyl sites for hydroxylation is 1. The third-order valence-corrected chi connectivity index (χ3v) is 5.24. The summed E-state index contributed by atoms with van der Waals surface area (Å²) in [6.07, 6.45) is 17.2. The van der Waals surface area contributed by atoms with Crippen molar-refractivity contribution in [2.75, 3.05) is 0 Å². The van der Waals surface area contributed by atoms with E-state index in [0.717, 1.165) is 6.42 Å². The van der Waals surface area contributed by atoms with Crippen LogP contribution >= 0.6 is 0 Å². The van der Waals surface area contributed by atoms with Crippen LogP contribution in [0.4, 0.5) is 0 Å². The average Bonchev–Trinajstić information content (AvgIpc) is 2.55. The predicted molar refractivity (Wildman–Crippen MR) is 95.6 cm³/mol. The van der Waals surface area contributed by atoms with Crippen molar-refractivity contribution in [3.8, 4) is 5.75 Å². The Labute approximate surface area is 137 Å². The molecular formula is C21H34O. The SMILES string of the molecule is CCCCCCCCCc1cccc(O)c1C1CCCCC1. The van der Waals surface area contributed by atoms with Gasteiger partial charge in [-0.25, -0.2) is 0 Å². The second-order valence-corrected chi connectivity index (χ2v) is 7.06. The molecule has 0 heterocycles. The summed E-state index contributed by atoms with van der Waals surface area (Å²) in [4.78, 5) is 0. The summed E-state index contributed by atoms with van der Waals surface area (Å²) in [7, 11) is 0. The van der Waals surface area contributed by atoms with Gasteiger partial charge in [-0.15, -0.1) is 0 Å². The highest BCUT2D eigenvalue weighted by Crippen LogP contribution is 2.39. The minimum atomic E-state index is 0.548. The van der Waals surface area contributed by atoms with Gasteiger partial charge >= 0.3 is 0 Å². The molecule has 1 saturated carbocycles. The molecule has 0 bridgehead atoms. The van der Waals surface area contributed by atoms with Crippen LogP contribution in [0.25, 0.3) is 0 Å². The number of aromatic hydroxyl groups is 1. The molecule has 0 aliphatic heterocycles. The highest BCUT2D eigenvalue weighted by Gasteiger charge is 2.21. The second kappa shape index (κ2) is 9.92. The van der Waals surface area contributed by atoms with Crippen LogP contribution in [0.1, 0.15) is 101 Å². The van der Waals surface area contributed by atoms with Gasteiger partial charge < -0.3 is 5.11 Å². The lowest BCUT2D eigenvalue weighted by molar-refractivity contribution is 0.411. The number of hydrogen-bond acceptors (Lipinski definition) is 1. The van der Waals surface area contributed by atoms with E-state index in [1.807, 2.05) is 12.1 Å². The molecular weight excluding hydrogens is 268 g/mol. The number of phenolic OH excluding ortho intramolecular Hbond substituents is 1. The highest BCUT2D eigenvalue weighted by molar-refractivity contribution is 5.42. The van der Waals surface area contributed by atoms with Crippen molar-refractivity contribution >= 4 is 0 Å². The van der Waals surface area contributed by atoms with E-state index < -0.39 is 0 Å². The van der Waals surface area contributed by atoms with E-state index in [0.29, 0.717) is 11.7 Å². The first-order valence-electron chi connectivity index (χ1n) is 9.63. The van der Waals surface area contributed by atoms with E-state index in [9.17, 15) is 5.11 Å². The molecule has 1 fully saturated rings. The summed E-state index contributed by atoms with van der Waals surface area (Å²) < 4.78 is 0. The van der Waals surface area contributed by atoms with E-state index >= 15 is 0 Å². The maximum Gasteiger partial charge on any atom is 0.119 e. The third-order valence-electron chi connectivity index (χ3n) is 5.24. The van der Waals surface area contributed by atoms with Gasteiger partial charge in [-0.1, -0.05) is 76.8 Å². The molecule has 1 aromatic rings. The number of rotatable bonds is 9. The van der Waals surface area contributed by atoms with Crippen molar-refractivity contribution in [3.05, 3.63) is 29.3 Å². The molecule has 0 atom stereocenters. The van der Waals surface area contributed by atoms with Crippen LogP contribution in [0.5, 0.6) is 5.75 Å². The topological polar surface area (TPSA) is 20.2 Å². The van der Waals surface area contributed by atoms with Gasteiger partial charge in [0.15, 0.2) is 0 Å². The Morgan fingerprint density at radius 3 is 2.32 bits per heavy atom. The molecule has 1 aliphatic rings. The monoisotopic (exact) mass is 302 g/mol. The van der Waals surface area contributed by atoms with Gasteiger partial charge in [-0.05, 0) is 43.2 Å². The van der Waals surface area contributed by atoms with Crippen LogP contribution in [0.15, 0.2) is 18.2 Å². The fourth-order valence-electron chi connectivity index (χ4n) is 3.95. The zero-order valence-electron chi connectivity index (χ0n) is 14.4. The zero-order valence-corrected chi connectivity index (χ0v) is 14.4. The molecule has 0 amide bonds. The normalized spacial score (nSPS) is 16.0. The minimum absolute atomic E-state index is 0.548. The Kier molecular flexibility index (Phi) is 7.83. The first-order chi connectivity index (χ1) is 10.8. The van der Waals surface area contributed by atoms with Crippen LogP contribution in [0.3, 0.4) is 0 Å². The summed E-state index contributed by atoms with van der Waals surface area (Å²) in [6, 6.07) is 6.16. The van der Waals surface area contributed by atoms with Gasteiger partial charge in [0.1, 0.15) is 5.75 Å². The molecule has 1 heteroatoms. The van der Waals surface area contributed by atoms with E-state index in [1.54, 1.807) is 0 Å². The van der Waals surface area contributed by atoms with E-state index in [4.69, 9.17) is 0 Å². The molecule has 1 N–H and O–H groups in total. The largest absolute Gasteiger partial charge is 0.508 e. The Bertz CT molecular complexity index is 418. The molecule has 0 radical (unpaired) electrons. The third kappa shape index (κ3) is 5.34. The summed E-state index contributed by atoms with van der Waals surface area (Å²) in [5.74, 6) is 1.15. The number of hydrogen-bond donors (Lipinski definition) is 1. The molecule has 1 aliphatic carbocycles. The van der Waals surface area contributed by atoms with Crippen LogP contribution in [-0.4, -0.2) is 5.11 Å². The molecule has 0 aromatic heterocycles. The highest BCUT2D eigenvalue weighted by atomic mass is 16.3. The lowest BCUT2D eigenvalue weighted by Crippen LogP contribution is -2.08. The van der Waals surface area contributed by atoms with Gasteiger partial charge in [-0.3, -0.25) is 0 Å². The summed E-state index contributed by atoms with van der Waals surface area (Å²) in [5.41, 5.74) is 2.70. The van der Waals surface area contributed by atoms with Crippen molar-refractivity contribution in [3.63, 3.8) is 0 Å². The Morgan fingerprint density at radius 2 is 1.59 bits per heavy atom. The van der Waals surface area contributed by atoms with Crippen LogP contribution < -0.4 is 0 Å². The summed E-state index contributed by atoms with van der Waals surface area (Å²) in [5, 5.41) is 10.3. The smallest absolute Gasteiger partial charge is 0.119 e. The maximum absolute atomic E-state index is 10.3. The molecule has 0 saturated heterocycles. The van der Waals surface area contributed by atoms with Crippen LogP contribution in [0.2, 0.25) is 0 Å². The second-order valence-electron chi connectivity index (χ2n) is 7.06. The van der Waals surface area contributed by atoms with Crippen molar-refractivity contribution in [1.82, 2.24) is 0 Å². The van der Waals surface area contributed by atoms with Crippen LogP contribution in [-0.2, 0) is 6.42 Å². The Morgan fingerprint density at radius 1 is 0.909 bits per heavy atom. The molecule has 1 aromatic carbocycles. The maximum atomic E-state index is 10.3. The molecule has 0 spiro atoms. The molecule has 0 unspecified atom stereocenters. The molecule has 1 nitrogen and oxygen atoms in total. The first-order valence-corrected chi connectivity index (χ1v) is 9.63. The van der Waals surface area contributed by atoms with Gasteiger partial charge in [-0.2, -0.15) is 0 Å². The van der Waals surface area contributed by atoms with Gasteiger partial charge in [0, 0.05) is 5.56 Å². The lowest BCUT2D eigenvalue weighted by atomic mass is 9.80. The summed E-state index contributed by atoms with van der Waals surface area (Å²) >= 11 is 0. The number of benzene rings is 1. The molecule has 124 valence electrons. The quantitative estimate of drug-likeness (QED) is 0.501. The lowest BCUT2D eigenvalue weighted by Gasteiger charge is -2.25. The van der Waals surface area contributed by atoms with Crippen molar-refractivity contribution in [1.29, 1.82) is 0 Å². The van der Waals surface area contributed by atoms with Crippen LogP contribution in [0, 0.1) is 0 Å². The van der Waals surface area contributed by atoms with Crippen molar-refractivity contribution in [2.24, 2.45) is 0 Å². The van der Waals surface area contributed by atoms with E-state index in [-0.39, 0.29) is 0 Å². The van der Waals surface area contributed by atoms with Gasteiger partial charge in [0.2, 0.25) is 0 Å². The fraction of sp³-hybridized carbons (Fsp3) is 0.714. The van der Waals surface area contributed by atoms with E-state index in [2.05, 4.69) is 13.0 Å². The van der Waals surface area contributed by atoms with Gasteiger partial charge in [0.05, 0.1) is 0 Å². The number of unbranched alkanes of at least 4 members (excludes halogenated alkanes) is 6. The standard InChI is InChI=1S/C21H34O/c1-2-3-4-5-6-7-9-13-19-16-12-17-20(22)21(19)18-14-10-8-11-15-18/h12,16-18,22H,2-11,13-15H2,1H3. The minimum Gasteiger partial charge on any atom is -0.508 e. The average molecular weight is 303 g/mol. The van der Waals surface area contributed by atoms with Crippen molar-refractivity contribution in [2.45, 2.75) is 96.3 Å². The molecule has 22 heavy (non-hydrogen) atoms. The van der Waals surface area contributed by atoms with Gasteiger partial charge in [0.25, 0.3) is 0 Å². The fourth-order valence-corrected chi connectivity index (χ4v) is 3.95. The van der Waals surface area contributed by atoms with E-state index in [1.165, 1.54) is 88.2 Å². The summed E-state index contributed by atoms with van der Waals surface area (Å²) in [6.45, 7) is 2.27. The van der Waals surface area contributed by atoms with Crippen molar-refractivity contribution < 1.29 is 5.11 Å². The first kappa shape index (κ1) is 17.4. The Hall–Kier alpha value is -0.980. The number of phenols is 1. The Balaban J connectivity index is 1.83.